The molecule has 0 atom stereocenters. The molecule has 0 bridgehead atoms. The first-order chi connectivity index (χ1) is 8.80. The van der Waals surface area contributed by atoms with Gasteiger partial charge in [0, 0.05) is 5.41 Å². The molecule has 0 amide bonds. The minimum atomic E-state index is -0.548. The van der Waals surface area contributed by atoms with E-state index in [1.807, 2.05) is 26.0 Å². The summed E-state index contributed by atoms with van der Waals surface area (Å²) in [5, 5.41) is 10.6. The number of rotatable bonds is 2. The third-order valence-corrected chi connectivity index (χ3v) is 3.76. The van der Waals surface area contributed by atoms with Crippen LogP contribution in [0.2, 0.25) is 0 Å². The highest BCUT2D eigenvalue weighted by atomic mass is 16.3. The van der Waals surface area contributed by atoms with Crippen LogP contribution in [0.5, 0.6) is 5.75 Å². The van der Waals surface area contributed by atoms with E-state index in [2.05, 4.69) is 41.5 Å². The molecule has 0 aromatic heterocycles. The summed E-state index contributed by atoms with van der Waals surface area (Å²) in [7, 11) is 0. The Labute approximate surface area is 123 Å². The number of phenols is 1. The van der Waals surface area contributed by atoms with E-state index in [-0.39, 0.29) is 10.8 Å². The summed E-state index contributed by atoms with van der Waals surface area (Å²) in [4.78, 5) is 11.4. The molecule has 0 spiro atoms. The first-order valence-corrected chi connectivity index (χ1v) is 7.15. The van der Waals surface area contributed by atoms with Crippen LogP contribution in [0.3, 0.4) is 0 Å². The largest absolute Gasteiger partial charge is 0.507 e. The Balaban J connectivity index is 3.72. The SMILES string of the molecule is CC(C)(C)c1cc(C(C)(C)C=O)cc(C(C)(C)C)c1O. The predicted octanol–water partition coefficient (Wildman–Crippen LogP) is 4.46. The van der Waals surface area contributed by atoms with E-state index in [0.717, 1.165) is 23.0 Å². The van der Waals surface area contributed by atoms with Crippen molar-refractivity contribution in [3.05, 3.63) is 28.8 Å². The van der Waals surface area contributed by atoms with Gasteiger partial charge in [-0.25, -0.2) is 0 Å². The molecule has 0 saturated heterocycles. The zero-order chi connectivity index (χ0) is 15.9. The summed E-state index contributed by atoms with van der Waals surface area (Å²) < 4.78 is 0. The van der Waals surface area contributed by atoms with E-state index >= 15 is 0 Å². The molecule has 1 aromatic carbocycles. The lowest BCUT2D eigenvalue weighted by molar-refractivity contribution is -0.111. The number of hydrogen-bond donors (Lipinski definition) is 1. The lowest BCUT2D eigenvalue weighted by Gasteiger charge is -2.30. The summed E-state index contributed by atoms with van der Waals surface area (Å²) in [6, 6.07) is 3.94. The molecule has 20 heavy (non-hydrogen) atoms. The van der Waals surface area contributed by atoms with Crippen molar-refractivity contribution >= 4 is 6.29 Å². The predicted molar refractivity (Wildman–Crippen MR) is 84.6 cm³/mol. The number of aromatic hydroxyl groups is 1. The molecular weight excluding hydrogens is 248 g/mol. The fourth-order valence-electron chi connectivity index (χ4n) is 2.22. The van der Waals surface area contributed by atoms with Crippen LogP contribution in [0, 0.1) is 0 Å². The van der Waals surface area contributed by atoms with Gasteiger partial charge in [-0.05, 0) is 41.4 Å². The second-order valence-corrected chi connectivity index (χ2v) is 8.26. The van der Waals surface area contributed by atoms with Crippen LogP contribution in [-0.4, -0.2) is 11.4 Å². The first-order valence-electron chi connectivity index (χ1n) is 7.15. The molecule has 0 aliphatic carbocycles. The zero-order valence-corrected chi connectivity index (χ0v) is 14.1. The fourth-order valence-corrected chi connectivity index (χ4v) is 2.22. The molecule has 2 heteroatoms. The molecule has 1 rings (SSSR count). The summed E-state index contributed by atoms with van der Waals surface area (Å²) in [6.07, 6.45) is 0.970. The van der Waals surface area contributed by atoms with Crippen LogP contribution < -0.4 is 0 Å². The van der Waals surface area contributed by atoms with Crippen molar-refractivity contribution in [3.8, 4) is 5.75 Å². The highest BCUT2D eigenvalue weighted by Crippen LogP contribution is 2.41. The van der Waals surface area contributed by atoms with Gasteiger partial charge in [-0.2, -0.15) is 0 Å². The summed E-state index contributed by atoms with van der Waals surface area (Å²) >= 11 is 0. The van der Waals surface area contributed by atoms with E-state index in [4.69, 9.17) is 0 Å². The van der Waals surface area contributed by atoms with Gasteiger partial charge in [0.25, 0.3) is 0 Å². The summed E-state index contributed by atoms with van der Waals surface area (Å²) in [6.45, 7) is 16.3. The van der Waals surface area contributed by atoms with Crippen molar-refractivity contribution in [1.82, 2.24) is 0 Å². The zero-order valence-electron chi connectivity index (χ0n) is 14.1. The third kappa shape index (κ3) is 3.23. The Hall–Kier alpha value is -1.31. The fraction of sp³-hybridized carbons (Fsp3) is 0.611. The Morgan fingerprint density at radius 2 is 1.20 bits per heavy atom. The van der Waals surface area contributed by atoms with Crippen LogP contribution in [0.15, 0.2) is 12.1 Å². The molecule has 112 valence electrons. The van der Waals surface area contributed by atoms with Gasteiger partial charge in [-0.15, -0.1) is 0 Å². The Kier molecular flexibility index (Phi) is 4.11. The van der Waals surface area contributed by atoms with Crippen LogP contribution in [-0.2, 0) is 21.0 Å². The minimum absolute atomic E-state index is 0.168. The minimum Gasteiger partial charge on any atom is -0.507 e. The number of aldehydes is 1. The average Bonchev–Trinajstić information content (AvgIpc) is 2.25. The molecule has 2 nitrogen and oxygen atoms in total. The van der Waals surface area contributed by atoms with Crippen LogP contribution in [0.4, 0.5) is 0 Å². The van der Waals surface area contributed by atoms with Crippen molar-refractivity contribution in [3.63, 3.8) is 0 Å². The monoisotopic (exact) mass is 276 g/mol. The number of carbonyl (C=O) groups is 1. The Bertz CT molecular complexity index is 476. The van der Waals surface area contributed by atoms with Gasteiger partial charge in [0.2, 0.25) is 0 Å². The summed E-state index contributed by atoms with van der Waals surface area (Å²) in [5.41, 5.74) is 1.87. The second-order valence-electron chi connectivity index (χ2n) is 8.26. The van der Waals surface area contributed by atoms with Gasteiger partial charge in [-0.3, -0.25) is 0 Å². The lowest BCUT2D eigenvalue weighted by Crippen LogP contribution is -2.23. The second kappa shape index (κ2) is 4.91. The van der Waals surface area contributed by atoms with Gasteiger partial charge >= 0.3 is 0 Å². The van der Waals surface area contributed by atoms with Gasteiger partial charge in [0.05, 0.1) is 0 Å². The van der Waals surface area contributed by atoms with Crippen molar-refractivity contribution in [2.45, 2.75) is 71.6 Å². The molecule has 0 saturated carbocycles. The van der Waals surface area contributed by atoms with E-state index in [1.54, 1.807) is 0 Å². The molecule has 1 N–H and O–H groups in total. The van der Waals surface area contributed by atoms with Crippen molar-refractivity contribution in [1.29, 1.82) is 0 Å². The van der Waals surface area contributed by atoms with Gasteiger partial charge in [0.1, 0.15) is 12.0 Å². The maximum absolute atomic E-state index is 11.4. The van der Waals surface area contributed by atoms with Crippen molar-refractivity contribution in [2.75, 3.05) is 0 Å². The molecular formula is C18H28O2. The number of phenolic OH excluding ortho intramolecular Hbond substituents is 1. The number of hydrogen-bond acceptors (Lipinski definition) is 2. The average molecular weight is 276 g/mol. The first kappa shape index (κ1) is 16.7. The summed E-state index contributed by atoms with van der Waals surface area (Å²) in [5.74, 6) is 0.357. The maximum atomic E-state index is 11.4. The van der Waals surface area contributed by atoms with Crippen LogP contribution in [0.25, 0.3) is 0 Å². The van der Waals surface area contributed by atoms with E-state index in [9.17, 15) is 9.90 Å². The van der Waals surface area contributed by atoms with E-state index in [0.29, 0.717) is 5.75 Å². The molecule has 1 aromatic rings. The molecule has 0 heterocycles. The van der Waals surface area contributed by atoms with Crippen LogP contribution >= 0.6 is 0 Å². The topological polar surface area (TPSA) is 37.3 Å². The lowest BCUT2D eigenvalue weighted by atomic mass is 9.74. The highest BCUT2D eigenvalue weighted by Gasteiger charge is 2.30. The van der Waals surface area contributed by atoms with E-state index in [1.165, 1.54) is 0 Å². The quantitative estimate of drug-likeness (QED) is 0.809. The standard InChI is InChI=1S/C18H28O2/c1-16(2,3)13-9-12(18(7,8)11-19)10-14(15(13)20)17(4,5)6/h9-11,20H,1-8H3. The molecule has 0 fully saturated rings. The smallest absolute Gasteiger partial charge is 0.129 e. The van der Waals surface area contributed by atoms with Gasteiger partial charge in [-0.1, -0.05) is 53.7 Å². The Morgan fingerprint density at radius 1 is 0.850 bits per heavy atom. The van der Waals surface area contributed by atoms with Gasteiger partial charge in [0.15, 0.2) is 0 Å². The normalized spacial score (nSPS) is 13.4. The van der Waals surface area contributed by atoms with Gasteiger partial charge < -0.3 is 9.90 Å². The maximum Gasteiger partial charge on any atom is 0.129 e. The molecule has 0 aliphatic rings. The van der Waals surface area contributed by atoms with Crippen molar-refractivity contribution in [2.24, 2.45) is 0 Å². The Morgan fingerprint density at radius 3 is 1.45 bits per heavy atom. The highest BCUT2D eigenvalue weighted by molar-refractivity contribution is 5.68. The third-order valence-electron chi connectivity index (χ3n) is 3.76. The number of carbonyl (C=O) groups excluding carboxylic acids is 1. The molecule has 0 radical (unpaired) electrons. The number of benzene rings is 1. The molecule has 0 unspecified atom stereocenters. The molecule has 0 aliphatic heterocycles. The van der Waals surface area contributed by atoms with E-state index < -0.39 is 5.41 Å². The van der Waals surface area contributed by atoms with Crippen LogP contribution in [0.1, 0.15) is 72.1 Å². The van der Waals surface area contributed by atoms with Crippen molar-refractivity contribution < 1.29 is 9.90 Å².